The zero-order valence-electron chi connectivity index (χ0n) is 12.8. The summed E-state index contributed by atoms with van der Waals surface area (Å²) in [4.78, 5) is 24.4. The van der Waals surface area contributed by atoms with Crippen LogP contribution in [0.4, 0.5) is 0 Å². The average molecular weight is 280 g/mol. The molecule has 0 spiro atoms. The number of carbonyl (C=O) groups excluding carboxylic acids is 2. The van der Waals surface area contributed by atoms with Crippen molar-refractivity contribution in [2.45, 2.75) is 58.2 Å². The molecular formula is C16H24O4. The molecule has 2 aliphatic carbocycles. The van der Waals surface area contributed by atoms with Crippen LogP contribution in [-0.2, 0) is 19.1 Å². The summed E-state index contributed by atoms with van der Waals surface area (Å²) < 4.78 is 11.2. The van der Waals surface area contributed by atoms with Crippen LogP contribution in [0.25, 0.3) is 0 Å². The maximum atomic E-state index is 12.5. The largest absolute Gasteiger partial charge is 0.469 e. The van der Waals surface area contributed by atoms with Crippen LogP contribution in [0.5, 0.6) is 0 Å². The van der Waals surface area contributed by atoms with Crippen molar-refractivity contribution in [3.63, 3.8) is 0 Å². The standard InChI is InChI=1S/C16H24O4/c1-9-5-6-11(10(2)14(18)19-4)13-15(3)12(17)7-8-16(9,15)20-13/h9-11,13H,5-8H2,1-4H3/t9-,10?,11-,13-,15-,16+/m0/s1. The molecule has 0 aromatic heterocycles. The van der Waals surface area contributed by atoms with Crippen LogP contribution < -0.4 is 0 Å². The molecule has 20 heavy (non-hydrogen) atoms. The molecule has 0 N–H and O–H groups in total. The first kappa shape index (κ1) is 14.1. The topological polar surface area (TPSA) is 52.6 Å². The molecule has 2 bridgehead atoms. The van der Waals surface area contributed by atoms with Crippen molar-refractivity contribution in [3.05, 3.63) is 0 Å². The maximum absolute atomic E-state index is 12.5. The van der Waals surface area contributed by atoms with E-state index in [9.17, 15) is 9.59 Å². The lowest BCUT2D eigenvalue weighted by Gasteiger charge is -2.61. The predicted molar refractivity (Wildman–Crippen MR) is 73.0 cm³/mol. The Morgan fingerprint density at radius 3 is 2.80 bits per heavy atom. The number of ketones is 1. The monoisotopic (exact) mass is 280 g/mol. The van der Waals surface area contributed by atoms with Gasteiger partial charge in [-0.15, -0.1) is 0 Å². The van der Waals surface area contributed by atoms with Crippen molar-refractivity contribution in [2.24, 2.45) is 23.2 Å². The minimum Gasteiger partial charge on any atom is -0.469 e. The fraction of sp³-hybridized carbons (Fsp3) is 0.875. The van der Waals surface area contributed by atoms with Crippen molar-refractivity contribution in [3.8, 4) is 0 Å². The highest BCUT2D eigenvalue weighted by Gasteiger charge is 2.75. The summed E-state index contributed by atoms with van der Waals surface area (Å²) in [5, 5.41) is 0. The molecule has 4 nitrogen and oxygen atoms in total. The Morgan fingerprint density at radius 2 is 2.15 bits per heavy atom. The van der Waals surface area contributed by atoms with Crippen molar-refractivity contribution in [1.82, 2.24) is 0 Å². The summed E-state index contributed by atoms with van der Waals surface area (Å²) in [6.07, 6.45) is 3.31. The molecule has 0 aromatic rings. The van der Waals surface area contributed by atoms with Gasteiger partial charge in [-0.1, -0.05) is 13.8 Å². The molecule has 0 amide bonds. The van der Waals surface area contributed by atoms with E-state index in [4.69, 9.17) is 9.47 Å². The zero-order chi connectivity index (χ0) is 14.7. The van der Waals surface area contributed by atoms with Gasteiger partial charge in [-0.2, -0.15) is 0 Å². The predicted octanol–water partition coefficient (Wildman–Crippen LogP) is 2.35. The number of hydrogen-bond acceptors (Lipinski definition) is 4. The van der Waals surface area contributed by atoms with E-state index in [0.29, 0.717) is 18.1 Å². The molecule has 3 rings (SSSR count). The van der Waals surface area contributed by atoms with Crippen LogP contribution in [0.1, 0.15) is 46.5 Å². The van der Waals surface area contributed by atoms with E-state index in [1.807, 2.05) is 6.92 Å². The van der Waals surface area contributed by atoms with Crippen molar-refractivity contribution >= 4 is 11.8 Å². The van der Waals surface area contributed by atoms with Gasteiger partial charge in [-0.05, 0) is 38.0 Å². The minimum absolute atomic E-state index is 0.0903. The summed E-state index contributed by atoms with van der Waals surface area (Å²) in [6.45, 7) is 6.16. The average Bonchev–Trinajstić information content (AvgIpc) is 2.58. The molecule has 1 heterocycles. The third-order valence-corrected chi connectivity index (χ3v) is 6.42. The van der Waals surface area contributed by atoms with Crippen LogP contribution in [0.15, 0.2) is 0 Å². The third-order valence-electron chi connectivity index (χ3n) is 6.42. The van der Waals surface area contributed by atoms with Crippen molar-refractivity contribution in [2.75, 3.05) is 7.11 Å². The highest BCUT2D eigenvalue weighted by Crippen LogP contribution is 2.67. The maximum Gasteiger partial charge on any atom is 0.308 e. The van der Waals surface area contributed by atoms with Gasteiger partial charge in [0.25, 0.3) is 0 Å². The Labute approximate surface area is 120 Å². The number of rotatable bonds is 2. The Hall–Kier alpha value is -0.900. The lowest BCUT2D eigenvalue weighted by atomic mass is 9.59. The van der Waals surface area contributed by atoms with Gasteiger partial charge in [0.15, 0.2) is 0 Å². The van der Waals surface area contributed by atoms with Crippen molar-refractivity contribution in [1.29, 1.82) is 0 Å². The van der Waals surface area contributed by atoms with E-state index in [2.05, 4.69) is 13.8 Å². The summed E-state index contributed by atoms with van der Waals surface area (Å²) in [5.41, 5.74) is -0.658. The summed E-state index contributed by atoms with van der Waals surface area (Å²) >= 11 is 0. The van der Waals surface area contributed by atoms with Gasteiger partial charge >= 0.3 is 5.97 Å². The number of ether oxygens (including phenoxy) is 2. The van der Waals surface area contributed by atoms with Crippen LogP contribution in [0, 0.1) is 23.2 Å². The second kappa shape index (κ2) is 4.30. The molecule has 3 aliphatic rings. The van der Waals surface area contributed by atoms with Gasteiger partial charge in [0.05, 0.1) is 30.1 Å². The highest BCUT2D eigenvalue weighted by atomic mass is 16.5. The molecule has 4 heteroatoms. The van der Waals surface area contributed by atoms with Gasteiger partial charge in [0, 0.05) is 6.42 Å². The van der Waals surface area contributed by atoms with Crippen LogP contribution in [0.3, 0.4) is 0 Å². The normalized spacial score (nSPS) is 48.0. The summed E-state index contributed by atoms with van der Waals surface area (Å²) in [6, 6.07) is 0. The first-order chi connectivity index (χ1) is 9.38. The molecule has 0 radical (unpaired) electrons. The number of methoxy groups -OCH3 is 1. The lowest BCUT2D eigenvalue weighted by Crippen LogP contribution is -2.70. The van der Waals surface area contributed by atoms with Crippen LogP contribution >= 0.6 is 0 Å². The SMILES string of the molecule is COC(=O)C(C)[C@@H]1CC[C@H](C)[C@]23CCC(=O)[C@@]2(C)[C@H]1O3. The summed E-state index contributed by atoms with van der Waals surface area (Å²) in [7, 11) is 1.42. The van der Waals surface area contributed by atoms with Crippen LogP contribution in [-0.4, -0.2) is 30.6 Å². The number of hydrogen-bond donors (Lipinski definition) is 0. The Bertz CT molecular complexity index is 459. The van der Waals surface area contributed by atoms with Gasteiger partial charge < -0.3 is 9.47 Å². The Morgan fingerprint density at radius 1 is 1.45 bits per heavy atom. The van der Waals surface area contributed by atoms with Gasteiger partial charge in [0.2, 0.25) is 0 Å². The molecular weight excluding hydrogens is 256 g/mol. The second-order valence-corrected chi connectivity index (χ2v) is 7.01. The first-order valence-corrected chi connectivity index (χ1v) is 7.67. The molecule has 1 unspecified atom stereocenters. The smallest absolute Gasteiger partial charge is 0.308 e. The van der Waals surface area contributed by atoms with Gasteiger partial charge in [-0.25, -0.2) is 0 Å². The quantitative estimate of drug-likeness (QED) is 0.729. The second-order valence-electron chi connectivity index (χ2n) is 7.01. The Balaban J connectivity index is 1.95. The lowest BCUT2D eigenvalue weighted by molar-refractivity contribution is -0.314. The van der Waals surface area contributed by atoms with Crippen molar-refractivity contribution < 1.29 is 19.1 Å². The highest BCUT2D eigenvalue weighted by molar-refractivity contribution is 5.91. The van der Waals surface area contributed by atoms with Gasteiger partial charge in [-0.3, -0.25) is 9.59 Å². The molecule has 1 saturated heterocycles. The molecule has 0 aromatic carbocycles. The van der Waals surface area contributed by atoms with E-state index < -0.39 is 5.41 Å². The number of carbonyl (C=O) groups is 2. The molecule has 3 fully saturated rings. The Kier molecular flexibility index (Phi) is 3.02. The fourth-order valence-corrected chi connectivity index (χ4v) is 5.01. The molecule has 1 aliphatic heterocycles. The number of esters is 1. The van der Waals surface area contributed by atoms with Crippen LogP contribution in [0.2, 0.25) is 0 Å². The van der Waals surface area contributed by atoms with E-state index in [-0.39, 0.29) is 29.5 Å². The first-order valence-electron chi connectivity index (χ1n) is 7.67. The molecule has 112 valence electrons. The number of Topliss-reactive ketones (excluding diaryl/α,β-unsaturated/α-hetero) is 1. The minimum atomic E-state index is -0.393. The van der Waals surface area contributed by atoms with E-state index in [1.165, 1.54) is 7.11 Å². The zero-order valence-corrected chi connectivity index (χ0v) is 12.8. The third kappa shape index (κ3) is 1.41. The summed E-state index contributed by atoms with van der Waals surface area (Å²) in [5.74, 6) is 0.389. The van der Waals surface area contributed by atoms with E-state index in [1.54, 1.807) is 0 Å². The van der Waals surface area contributed by atoms with Gasteiger partial charge in [0.1, 0.15) is 5.78 Å². The van der Waals surface area contributed by atoms with E-state index in [0.717, 1.165) is 19.3 Å². The van der Waals surface area contributed by atoms with E-state index >= 15 is 0 Å². The molecule has 2 saturated carbocycles. The molecule has 6 atom stereocenters. The fourth-order valence-electron chi connectivity index (χ4n) is 5.01.